The fourth-order valence-corrected chi connectivity index (χ4v) is 0.839. The third kappa shape index (κ3) is 2.01. The van der Waals surface area contributed by atoms with Crippen molar-refractivity contribution in [3.63, 3.8) is 0 Å². The van der Waals surface area contributed by atoms with Crippen LogP contribution in [0.15, 0.2) is 30.3 Å². The molecular weight excluding hydrogens is 140 g/mol. The lowest BCUT2D eigenvalue weighted by molar-refractivity contribution is -0.904. The van der Waals surface area contributed by atoms with Gasteiger partial charge in [-0.1, -0.05) is 18.2 Å². The fourth-order valence-electron chi connectivity index (χ4n) is 0.839. The van der Waals surface area contributed by atoms with E-state index < -0.39 is 0 Å². The van der Waals surface area contributed by atoms with Crippen molar-refractivity contribution in [2.24, 2.45) is 0 Å². The normalized spacial score (nSPS) is 13.5. The maximum absolute atomic E-state index is 11.3. The van der Waals surface area contributed by atoms with Gasteiger partial charge in [0.1, 0.15) is 0 Å². The van der Waals surface area contributed by atoms with E-state index in [4.69, 9.17) is 0 Å². The number of nitrogens with one attached hydrogen (secondary N) is 1. The minimum atomic E-state index is 0.0469. The van der Waals surface area contributed by atoms with Crippen LogP contribution < -0.4 is 5.17 Å². The van der Waals surface area contributed by atoms with E-state index in [1.165, 1.54) is 0 Å². The first kappa shape index (κ1) is 8.20. The Hall–Kier alpha value is -0.900. The average molecular weight is 152 g/mol. The van der Waals surface area contributed by atoms with Crippen LogP contribution in [0.2, 0.25) is 0 Å². The molecule has 0 aliphatic carbocycles. The number of hydrogen-bond acceptors (Lipinski definition) is 2. The highest BCUT2D eigenvalue weighted by Gasteiger charge is 2.01. The van der Waals surface area contributed by atoms with Crippen LogP contribution in [0.5, 0.6) is 0 Å². The molecule has 1 aromatic rings. The van der Waals surface area contributed by atoms with Crippen LogP contribution in [0.1, 0.15) is 0 Å². The van der Waals surface area contributed by atoms with Gasteiger partial charge in [0, 0.05) is 26.2 Å². The summed E-state index contributed by atoms with van der Waals surface area (Å²) in [5, 5.41) is 12.9. The Morgan fingerprint density at radius 1 is 1.18 bits per heavy atom. The summed E-state index contributed by atoms with van der Waals surface area (Å²) >= 11 is 0. The molecule has 1 aromatic carbocycles. The molecule has 60 valence electrons. The lowest BCUT2D eigenvalue weighted by Gasteiger charge is -2.26. The van der Waals surface area contributed by atoms with Crippen molar-refractivity contribution in [1.29, 1.82) is 0 Å². The van der Waals surface area contributed by atoms with Gasteiger partial charge < -0.3 is 5.21 Å². The molecule has 0 aliphatic heterocycles. The summed E-state index contributed by atoms with van der Waals surface area (Å²) in [5.41, 5.74) is 0.734. The smallest absolute Gasteiger partial charge is 0.150 e. The standard InChI is InChI=1S/C8H12N2O/c1-9(2)10(11)8-6-4-3-5-7-8/h3-7,10H,1-2H3. The predicted molar refractivity (Wildman–Crippen MR) is 44.1 cm³/mol. The van der Waals surface area contributed by atoms with Crippen molar-refractivity contribution in [3.05, 3.63) is 35.5 Å². The van der Waals surface area contributed by atoms with E-state index in [0.29, 0.717) is 0 Å². The Morgan fingerprint density at radius 2 is 1.73 bits per heavy atom. The van der Waals surface area contributed by atoms with Crippen molar-refractivity contribution in [2.45, 2.75) is 0 Å². The Labute approximate surface area is 66.4 Å². The molecule has 1 rings (SSSR count). The van der Waals surface area contributed by atoms with Crippen molar-refractivity contribution < 1.29 is 5.17 Å². The van der Waals surface area contributed by atoms with Crippen LogP contribution in [0.25, 0.3) is 0 Å². The van der Waals surface area contributed by atoms with Gasteiger partial charge in [-0.05, 0) is 0 Å². The molecule has 1 N–H and O–H groups in total. The zero-order chi connectivity index (χ0) is 8.27. The van der Waals surface area contributed by atoms with Gasteiger partial charge >= 0.3 is 0 Å². The highest BCUT2D eigenvalue weighted by atomic mass is 16.5. The van der Waals surface area contributed by atoms with Gasteiger partial charge in [-0.2, -0.15) is 5.01 Å². The summed E-state index contributed by atoms with van der Waals surface area (Å²) < 4.78 is 0. The number of quaternary nitrogens is 1. The molecular formula is C8H12N2O. The summed E-state index contributed by atoms with van der Waals surface area (Å²) in [7, 11) is 3.49. The summed E-state index contributed by atoms with van der Waals surface area (Å²) in [6, 6.07) is 9.23. The monoisotopic (exact) mass is 152 g/mol. The molecule has 0 heterocycles. The number of nitrogens with zero attached hydrogens (tertiary/aromatic N) is 1. The molecule has 0 radical (unpaired) electrons. The average Bonchev–Trinajstić information content (AvgIpc) is 2.05. The van der Waals surface area contributed by atoms with E-state index in [2.05, 4.69) is 0 Å². The van der Waals surface area contributed by atoms with Gasteiger partial charge in [0.2, 0.25) is 0 Å². The first-order chi connectivity index (χ1) is 5.22. The summed E-state index contributed by atoms with van der Waals surface area (Å²) in [6.07, 6.45) is 0. The van der Waals surface area contributed by atoms with Crippen LogP contribution in [0, 0.1) is 5.21 Å². The Kier molecular flexibility index (Phi) is 2.59. The van der Waals surface area contributed by atoms with Crippen molar-refractivity contribution in [1.82, 2.24) is 5.01 Å². The molecule has 1 atom stereocenters. The third-order valence-electron chi connectivity index (χ3n) is 1.43. The lowest BCUT2D eigenvalue weighted by atomic mass is 10.3. The lowest BCUT2D eigenvalue weighted by Crippen LogP contribution is -3.08. The molecule has 0 saturated heterocycles. The van der Waals surface area contributed by atoms with Crippen molar-refractivity contribution in [3.8, 4) is 0 Å². The molecule has 0 spiro atoms. The van der Waals surface area contributed by atoms with Gasteiger partial charge in [0.25, 0.3) is 0 Å². The molecule has 1 unspecified atom stereocenters. The van der Waals surface area contributed by atoms with E-state index in [1.54, 1.807) is 19.1 Å². The van der Waals surface area contributed by atoms with Crippen LogP contribution in [0.3, 0.4) is 0 Å². The van der Waals surface area contributed by atoms with E-state index in [-0.39, 0.29) is 5.17 Å². The second-order valence-electron chi connectivity index (χ2n) is 2.57. The second-order valence-corrected chi connectivity index (χ2v) is 2.57. The van der Waals surface area contributed by atoms with E-state index >= 15 is 0 Å². The van der Waals surface area contributed by atoms with E-state index in [9.17, 15) is 5.21 Å². The first-order valence-electron chi connectivity index (χ1n) is 3.48. The predicted octanol–water partition coefficient (Wildman–Crippen LogP) is 0.177. The van der Waals surface area contributed by atoms with Gasteiger partial charge in [0.05, 0.1) is 0 Å². The van der Waals surface area contributed by atoms with Crippen LogP contribution in [-0.2, 0) is 0 Å². The molecule has 11 heavy (non-hydrogen) atoms. The van der Waals surface area contributed by atoms with Crippen molar-refractivity contribution >= 4 is 5.69 Å². The molecule has 3 heteroatoms. The zero-order valence-electron chi connectivity index (χ0n) is 6.74. The summed E-state index contributed by atoms with van der Waals surface area (Å²) in [6.45, 7) is 0. The topological polar surface area (TPSA) is 30.7 Å². The van der Waals surface area contributed by atoms with Crippen LogP contribution >= 0.6 is 0 Å². The van der Waals surface area contributed by atoms with E-state index in [0.717, 1.165) is 5.69 Å². The molecule has 0 aromatic heterocycles. The maximum atomic E-state index is 11.3. The van der Waals surface area contributed by atoms with Gasteiger partial charge in [-0.3, -0.25) is 5.17 Å². The van der Waals surface area contributed by atoms with Crippen molar-refractivity contribution in [2.75, 3.05) is 14.1 Å². The Balaban J connectivity index is 2.77. The fraction of sp³-hybridized carbons (Fsp3) is 0.250. The highest BCUT2D eigenvalue weighted by molar-refractivity contribution is 5.27. The van der Waals surface area contributed by atoms with Gasteiger partial charge in [-0.15, -0.1) is 0 Å². The quantitative estimate of drug-likeness (QED) is 0.613. The summed E-state index contributed by atoms with van der Waals surface area (Å²) in [4.78, 5) is 0. The molecule has 0 fully saturated rings. The first-order valence-corrected chi connectivity index (χ1v) is 3.48. The third-order valence-corrected chi connectivity index (χ3v) is 1.43. The minimum absolute atomic E-state index is 0.0469. The number of rotatable bonds is 2. The maximum Gasteiger partial charge on any atom is 0.150 e. The second kappa shape index (κ2) is 3.48. The molecule has 0 aliphatic rings. The molecule has 3 nitrogen and oxygen atoms in total. The number of hydrogen-bond donors (Lipinski definition) is 1. The highest BCUT2D eigenvalue weighted by Crippen LogP contribution is 1.97. The molecule has 0 amide bonds. The Morgan fingerprint density at radius 3 is 2.18 bits per heavy atom. The zero-order valence-corrected chi connectivity index (χ0v) is 6.74. The van der Waals surface area contributed by atoms with Gasteiger partial charge in [-0.25, -0.2) is 0 Å². The molecule has 0 bridgehead atoms. The van der Waals surface area contributed by atoms with Crippen LogP contribution in [0.4, 0.5) is 5.69 Å². The van der Waals surface area contributed by atoms with Crippen LogP contribution in [-0.4, -0.2) is 19.1 Å². The van der Waals surface area contributed by atoms with E-state index in [1.807, 2.05) is 30.3 Å². The molecule has 0 saturated carbocycles. The van der Waals surface area contributed by atoms with Gasteiger partial charge in [0.15, 0.2) is 5.69 Å². The number of benzene rings is 1. The SMILES string of the molecule is CN(C)[NH+]([O-])c1ccccc1. The summed E-state index contributed by atoms with van der Waals surface area (Å²) in [5.74, 6) is 0. The Bertz CT molecular complexity index is 211. The largest absolute Gasteiger partial charge is 0.608 e. The minimum Gasteiger partial charge on any atom is -0.608 e.